The maximum absolute atomic E-state index is 13.7. The third-order valence-electron chi connectivity index (χ3n) is 3.48. The molecule has 0 saturated heterocycles. The van der Waals surface area contributed by atoms with Gasteiger partial charge in [-0.25, -0.2) is 22.0 Å². The van der Waals surface area contributed by atoms with Crippen molar-refractivity contribution in [1.29, 1.82) is 0 Å². The fourth-order valence-corrected chi connectivity index (χ4v) is 3.33. The van der Waals surface area contributed by atoms with Crippen molar-refractivity contribution in [2.24, 2.45) is 0 Å². The first-order chi connectivity index (χ1) is 12.3. The van der Waals surface area contributed by atoms with E-state index in [1.807, 2.05) is 4.72 Å². The molecule has 2 aromatic carbocycles. The second-order valence-corrected chi connectivity index (χ2v) is 6.91. The lowest BCUT2D eigenvalue weighted by Gasteiger charge is -2.10. The van der Waals surface area contributed by atoms with Gasteiger partial charge in [-0.15, -0.1) is 0 Å². The van der Waals surface area contributed by atoms with Gasteiger partial charge in [-0.1, -0.05) is 0 Å². The molecule has 0 amide bonds. The van der Waals surface area contributed by atoms with Gasteiger partial charge in [-0.3, -0.25) is 4.72 Å². The van der Waals surface area contributed by atoms with E-state index in [0.29, 0.717) is 23.5 Å². The summed E-state index contributed by atoms with van der Waals surface area (Å²) in [5.41, 5.74) is -0.937. The minimum atomic E-state index is -4.13. The Labute approximate surface area is 146 Å². The topological polar surface area (TPSA) is 96.6 Å². The van der Waals surface area contributed by atoms with Gasteiger partial charge in [0.2, 0.25) is 0 Å². The number of sulfonamides is 1. The van der Waals surface area contributed by atoms with Crippen molar-refractivity contribution in [3.63, 3.8) is 0 Å². The fraction of sp³-hybridized carbons (Fsp3) is 0. The van der Waals surface area contributed by atoms with Gasteiger partial charge in [0.05, 0.1) is 16.8 Å². The van der Waals surface area contributed by atoms with Gasteiger partial charge in [0, 0.05) is 5.56 Å². The van der Waals surface area contributed by atoms with Gasteiger partial charge in [0.1, 0.15) is 23.0 Å². The zero-order chi connectivity index (χ0) is 18.9. The lowest BCUT2D eigenvalue weighted by atomic mass is 10.2. The number of anilines is 1. The molecule has 6 nitrogen and oxygen atoms in total. The van der Waals surface area contributed by atoms with Crippen LogP contribution < -0.4 is 4.72 Å². The summed E-state index contributed by atoms with van der Waals surface area (Å²) in [6.45, 7) is 0. The molecule has 0 fully saturated rings. The number of benzene rings is 2. The van der Waals surface area contributed by atoms with Crippen LogP contribution in [0.1, 0.15) is 10.4 Å². The lowest BCUT2D eigenvalue weighted by molar-refractivity contribution is 0.0686. The zero-order valence-corrected chi connectivity index (χ0v) is 13.8. The van der Waals surface area contributed by atoms with Crippen LogP contribution in [-0.4, -0.2) is 19.5 Å². The Kier molecular flexibility index (Phi) is 4.47. The predicted molar refractivity (Wildman–Crippen MR) is 88.3 cm³/mol. The summed E-state index contributed by atoms with van der Waals surface area (Å²) in [6.07, 6.45) is 1.48. The van der Waals surface area contributed by atoms with Crippen molar-refractivity contribution in [2.45, 2.75) is 4.90 Å². The van der Waals surface area contributed by atoms with Crippen LogP contribution in [0.25, 0.3) is 11.3 Å². The molecule has 0 bridgehead atoms. The molecule has 9 heteroatoms. The highest BCUT2D eigenvalue weighted by Crippen LogP contribution is 2.24. The Balaban J connectivity index is 1.88. The first kappa shape index (κ1) is 17.6. The second-order valence-electron chi connectivity index (χ2n) is 5.23. The Bertz CT molecular complexity index is 1040. The number of aromatic carboxylic acids is 1. The van der Waals surface area contributed by atoms with Crippen molar-refractivity contribution in [3.8, 4) is 11.3 Å². The van der Waals surface area contributed by atoms with Gasteiger partial charge in [-0.05, 0) is 48.5 Å². The number of carboxylic acid groups (broad SMARTS) is 1. The smallest absolute Gasteiger partial charge is 0.341 e. The molecule has 0 unspecified atom stereocenters. The van der Waals surface area contributed by atoms with Crippen LogP contribution in [0, 0.1) is 11.6 Å². The number of carbonyl (C=O) groups is 1. The SMILES string of the molecule is O=C(O)c1c(F)cc(NS(=O)(=O)c2ccc(-c3ccco3)cc2)cc1F. The standard InChI is InChI=1S/C17H11F2NO5S/c18-13-8-11(9-14(19)16(13)17(21)22)20-26(23,24)12-5-3-10(4-6-12)15-2-1-7-25-15/h1-9,20H,(H,21,22). The number of hydrogen-bond acceptors (Lipinski definition) is 4. The summed E-state index contributed by atoms with van der Waals surface area (Å²) >= 11 is 0. The predicted octanol–water partition coefficient (Wildman–Crippen LogP) is 3.72. The summed E-state index contributed by atoms with van der Waals surface area (Å²) in [6, 6.07) is 10.2. The first-order valence-electron chi connectivity index (χ1n) is 7.17. The van der Waals surface area contributed by atoms with E-state index < -0.39 is 38.9 Å². The van der Waals surface area contributed by atoms with Gasteiger partial charge >= 0.3 is 5.97 Å². The van der Waals surface area contributed by atoms with Crippen molar-refractivity contribution in [2.75, 3.05) is 4.72 Å². The third-order valence-corrected chi connectivity index (χ3v) is 4.88. The molecule has 0 saturated carbocycles. The molecule has 26 heavy (non-hydrogen) atoms. The van der Waals surface area contributed by atoms with E-state index in [9.17, 15) is 22.0 Å². The van der Waals surface area contributed by atoms with Crippen molar-refractivity contribution >= 4 is 21.7 Å². The summed E-state index contributed by atoms with van der Waals surface area (Å²) in [5, 5.41) is 8.73. The van der Waals surface area contributed by atoms with E-state index in [-0.39, 0.29) is 4.90 Å². The highest BCUT2D eigenvalue weighted by atomic mass is 32.2. The van der Waals surface area contributed by atoms with E-state index in [4.69, 9.17) is 9.52 Å². The molecule has 134 valence electrons. The lowest BCUT2D eigenvalue weighted by Crippen LogP contribution is -2.14. The van der Waals surface area contributed by atoms with Gasteiger partial charge < -0.3 is 9.52 Å². The molecule has 3 aromatic rings. The maximum Gasteiger partial charge on any atom is 0.341 e. The van der Waals surface area contributed by atoms with Crippen LogP contribution in [-0.2, 0) is 10.0 Å². The highest BCUT2D eigenvalue weighted by molar-refractivity contribution is 7.92. The average Bonchev–Trinajstić information content (AvgIpc) is 3.08. The number of nitrogens with one attached hydrogen (secondary N) is 1. The summed E-state index contributed by atoms with van der Waals surface area (Å²) in [4.78, 5) is 10.6. The molecule has 2 N–H and O–H groups in total. The molecule has 0 radical (unpaired) electrons. The van der Waals surface area contributed by atoms with E-state index in [0.717, 1.165) is 0 Å². The van der Waals surface area contributed by atoms with E-state index >= 15 is 0 Å². The first-order valence-corrected chi connectivity index (χ1v) is 8.65. The van der Waals surface area contributed by atoms with E-state index in [2.05, 4.69) is 0 Å². The van der Waals surface area contributed by atoms with Crippen LogP contribution in [0.15, 0.2) is 64.1 Å². The van der Waals surface area contributed by atoms with E-state index in [1.165, 1.54) is 30.5 Å². The summed E-state index contributed by atoms with van der Waals surface area (Å²) < 4.78 is 59.3. The summed E-state index contributed by atoms with van der Waals surface area (Å²) in [7, 11) is -4.13. The minimum Gasteiger partial charge on any atom is -0.477 e. The van der Waals surface area contributed by atoms with Crippen LogP contribution in [0.3, 0.4) is 0 Å². The molecule has 0 aliphatic carbocycles. The molecule has 0 atom stereocenters. The van der Waals surface area contributed by atoms with Crippen LogP contribution >= 0.6 is 0 Å². The van der Waals surface area contributed by atoms with Crippen LogP contribution in [0.4, 0.5) is 14.5 Å². The van der Waals surface area contributed by atoms with Crippen molar-refractivity contribution in [1.82, 2.24) is 0 Å². The van der Waals surface area contributed by atoms with Gasteiger partial charge in [-0.2, -0.15) is 0 Å². The Hall–Kier alpha value is -3.20. The number of furan rings is 1. The van der Waals surface area contributed by atoms with Crippen LogP contribution in [0.5, 0.6) is 0 Å². The maximum atomic E-state index is 13.7. The minimum absolute atomic E-state index is 0.143. The largest absolute Gasteiger partial charge is 0.477 e. The molecule has 1 heterocycles. The molecule has 0 aliphatic rings. The van der Waals surface area contributed by atoms with E-state index in [1.54, 1.807) is 12.1 Å². The summed E-state index contributed by atoms with van der Waals surface area (Å²) in [5.74, 6) is -4.01. The number of halogens is 2. The van der Waals surface area contributed by atoms with Gasteiger partial charge in [0.15, 0.2) is 0 Å². The molecular weight excluding hydrogens is 368 g/mol. The average molecular weight is 379 g/mol. The molecule has 0 spiro atoms. The second kappa shape index (κ2) is 6.60. The number of carboxylic acids is 1. The number of rotatable bonds is 5. The third kappa shape index (κ3) is 3.42. The molecular formula is C17H11F2NO5S. The van der Waals surface area contributed by atoms with Crippen molar-refractivity contribution < 1.29 is 31.5 Å². The Morgan fingerprint density at radius 3 is 2.15 bits per heavy atom. The highest BCUT2D eigenvalue weighted by Gasteiger charge is 2.21. The Morgan fingerprint density at radius 1 is 1.04 bits per heavy atom. The van der Waals surface area contributed by atoms with Crippen LogP contribution in [0.2, 0.25) is 0 Å². The number of hydrogen-bond donors (Lipinski definition) is 2. The van der Waals surface area contributed by atoms with Crippen molar-refractivity contribution in [3.05, 3.63) is 72.0 Å². The quantitative estimate of drug-likeness (QED) is 0.704. The zero-order valence-electron chi connectivity index (χ0n) is 12.9. The molecule has 0 aliphatic heterocycles. The monoisotopic (exact) mass is 379 g/mol. The normalized spacial score (nSPS) is 11.3. The van der Waals surface area contributed by atoms with Gasteiger partial charge in [0.25, 0.3) is 10.0 Å². The molecule has 1 aromatic heterocycles. The molecule has 3 rings (SSSR count). The Morgan fingerprint density at radius 2 is 1.65 bits per heavy atom. The fourth-order valence-electron chi connectivity index (χ4n) is 2.29.